The number of carbonyl (C=O) groups excluding carboxylic acids is 1. The second kappa shape index (κ2) is 11.2. The number of amides is 1. The number of para-hydroxylation sites is 1. The number of hydrogen-bond acceptors (Lipinski definition) is 8. The largest absolute Gasteiger partial charge is 0.494 e. The van der Waals surface area contributed by atoms with Gasteiger partial charge in [0.15, 0.2) is 5.13 Å². The number of hydrogen-bond donors (Lipinski definition) is 0. The molecule has 0 bridgehead atoms. The molecule has 0 aliphatic carbocycles. The Labute approximate surface area is 225 Å². The Balaban J connectivity index is 1.44. The van der Waals surface area contributed by atoms with E-state index in [1.54, 1.807) is 43.6 Å². The number of methoxy groups -OCH3 is 1. The molecule has 9 nitrogen and oxygen atoms in total. The van der Waals surface area contributed by atoms with E-state index in [2.05, 4.69) is 4.98 Å². The molecule has 0 saturated carbocycles. The van der Waals surface area contributed by atoms with E-state index < -0.39 is 10.0 Å². The molecule has 1 saturated heterocycles. The molecule has 0 radical (unpaired) electrons. The summed E-state index contributed by atoms with van der Waals surface area (Å²) in [7, 11) is -0.587. The van der Waals surface area contributed by atoms with Crippen molar-refractivity contribution in [2.75, 3.05) is 32.2 Å². The van der Waals surface area contributed by atoms with Crippen LogP contribution in [0.5, 0.6) is 5.75 Å². The zero-order chi connectivity index (χ0) is 26.7. The summed E-state index contributed by atoms with van der Waals surface area (Å²) in [5.74, 6) is 0.323. The number of pyridine rings is 1. The average Bonchev–Trinajstić information content (AvgIpc) is 3.62. The van der Waals surface area contributed by atoms with Gasteiger partial charge in [-0.25, -0.2) is 13.4 Å². The number of rotatable bonds is 9. The molecule has 1 atom stereocenters. The van der Waals surface area contributed by atoms with Gasteiger partial charge in [-0.05, 0) is 60.9 Å². The molecule has 198 valence electrons. The third kappa shape index (κ3) is 5.41. The molecule has 0 N–H and O–H groups in total. The highest BCUT2D eigenvalue weighted by atomic mass is 32.2. The zero-order valence-electron chi connectivity index (χ0n) is 21.1. The first-order valence-electron chi connectivity index (χ1n) is 12.2. The number of fused-ring (bicyclic) bond motifs is 1. The number of sulfonamides is 1. The molecule has 1 aliphatic heterocycles. The van der Waals surface area contributed by atoms with Crippen molar-refractivity contribution in [1.82, 2.24) is 14.3 Å². The van der Waals surface area contributed by atoms with Crippen molar-refractivity contribution in [3.05, 3.63) is 78.1 Å². The normalized spacial score (nSPS) is 15.7. The Morgan fingerprint density at radius 3 is 2.66 bits per heavy atom. The van der Waals surface area contributed by atoms with E-state index in [1.165, 1.54) is 27.8 Å². The molecule has 3 heterocycles. The number of likely N-dealkylation sites (N-methyl/N-ethyl adjacent to an activating group) is 1. The highest BCUT2D eigenvalue weighted by Crippen LogP contribution is 2.35. The average molecular weight is 553 g/mol. The lowest BCUT2D eigenvalue weighted by molar-refractivity contribution is 0.0978. The van der Waals surface area contributed by atoms with Gasteiger partial charge in [-0.15, -0.1) is 0 Å². The van der Waals surface area contributed by atoms with E-state index >= 15 is 0 Å². The Kier molecular flexibility index (Phi) is 7.70. The maximum absolute atomic E-state index is 13.8. The smallest absolute Gasteiger partial charge is 0.260 e. The summed E-state index contributed by atoms with van der Waals surface area (Å²) in [5, 5.41) is 0.506. The fraction of sp³-hybridized carbons (Fsp3) is 0.296. The molecule has 1 unspecified atom stereocenters. The maximum atomic E-state index is 13.8. The molecule has 1 aliphatic rings. The summed E-state index contributed by atoms with van der Waals surface area (Å²) in [5.41, 5.74) is 1.86. The van der Waals surface area contributed by atoms with Crippen LogP contribution in [-0.2, 0) is 21.3 Å². The van der Waals surface area contributed by atoms with Crippen LogP contribution in [0.1, 0.15) is 28.8 Å². The van der Waals surface area contributed by atoms with Gasteiger partial charge in [0.25, 0.3) is 5.91 Å². The third-order valence-corrected chi connectivity index (χ3v) is 9.31. The summed E-state index contributed by atoms with van der Waals surface area (Å²) < 4.78 is 39.4. The first-order valence-corrected chi connectivity index (χ1v) is 14.4. The first kappa shape index (κ1) is 26.2. The Morgan fingerprint density at radius 1 is 1.16 bits per heavy atom. The van der Waals surface area contributed by atoms with Crippen LogP contribution in [0.25, 0.3) is 10.2 Å². The lowest BCUT2D eigenvalue weighted by Gasteiger charge is -2.21. The van der Waals surface area contributed by atoms with Gasteiger partial charge >= 0.3 is 0 Å². The molecule has 1 amide bonds. The summed E-state index contributed by atoms with van der Waals surface area (Å²) in [6.45, 7) is 1.20. The van der Waals surface area contributed by atoms with Crippen LogP contribution in [0.4, 0.5) is 5.13 Å². The topological polar surface area (TPSA) is 102 Å². The second-order valence-electron chi connectivity index (χ2n) is 9.00. The number of thiazole rings is 1. The van der Waals surface area contributed by atoms with Crippen LogP contribution < -0.4 is 9.64 Å². The minimum atomic E-state index is -3.72. The van der Waals surface area contributed by atoms with E-state index in [1.807, 2.05) is 30.3 Å². The van der Waals surface area contributed by atoms with Crippen LogP contribution >= 0.6 is 11.3 Å². The Morgan fingerprint density at radius 2 is 1.97 bits per heavy atom. The number of carbonyl (C=O) groups is 1. The SMILES string of the molecule is COc1cccc2sc(N(Cc3cccnc3)C(=O)c3ccc(S(=O)(=O)N(C)CC4CCCO4)cc3)nc12. The van der Waals surface area contributed by atoms with Crippen LogP contribution in [0.2, 0.25) is 0 Å². The van der Waals surface area contributed by atoms with E-state index in [0.29, 0.717) is 35.1 Å². The van der Waals surface area contributed by atoms with Crippen molar-refractivity contribution in [2.24, 2.45) is 0 Å². The molecule has 4 aromatic rings. The van der Waals surface area contributed by atoms with Crippen LogP contribution in [0.3, 0.4) is 0 Å². The van der Waals surface area contributed by atoms with Crippen LogP contribution in [-0.4, -0.2) is 62.0 Å². The van der Waals surface area contributed by atoms with Crippen molar-refractivity contribution in [2.45, 2.75) is 30.4 Å². The maximum Gasteiger partial charge on any atom is 0.260 e. The van der Waals surface area contributed by atoms with E-state index in [9.17, 15) is 13.2 Å². The number of aromatic nitrogens is 2. The van der Waals surface area contributed by atoms with E-state index in [4.69, 9.17) is 14.5 Å². The minimum Gasteiger partial charge on any atom is -0.494 e. The molecule has 38 heavy (non-hydrogen) atoms. The predicted molar refractivity (Wildman–Crippen MR) is 146 cm³/mol. The lowest BCUT2D eigenvalue weighted by atomic mass is 10.2. The van der Waals surface area contributed by atoms with Gasteiger partial charge in [-0.2, -0.15) is 4.31 Å². The summed E-state index contributed by atoms with van der Waals surface area (Å²) in [6, 6.07) is 15.4. The van der Waals surface area contributed by atoms with Crippen molar-refractivity contribution in [1.29, 1.82) is 0 Å². The zero-order valence-corrected chi connectivity index (χ0v) is 22.7. The van der Waals surface area contributed by atoms with Gasteiger partial charge in [0.1, 0.15) is 11.3 Å². The fourth-order valence-electron chi connectivity index (χ4n) is 4.37. The van der Waals surface area contributed by atoms with Crippen molar-refractivity contribution in [3.63, 3.8) is 0 Å². The standard InChI is InChI=1S/C27H28N4O5S2/c1-30(18-21-7-5-15-36-21)38(33,34)22-12-10-20(11-13-22)26(32)31(17-19-6-4-14-28-16-19)27-29-25-23(35-2)8-3-9-24(25)37-27/h3-4,6,8-14,16,21H,5,7,15,17-18H2,1-2H3. The number of benzene rings is 2. The van der Waals surface area contributed by atoms with Gasteiger partial charge in [-0.3, -0.25) is 14.7 Å². The lowest BCUT2D eigenvalue weighted by Crippen LogP contribution is -2.34. The van der Waals surface area contributed by atoms with Crippen LogP contribution in [0.15, 0.2) is 71.9 Å². The molecule has 2 aromatic carbocycles. The molecular formula is C27H28N4O5S2. The second-order valence-corrected chi connectivity index (χ2v) is 12.1. The van der Waals surface area contributed by atoms with Gasteiger partial charge in [-0.1, -0.05) is 23.5 Å². The van der Waals surface area contributed by atoms with Gasteiger partial charge in [0.05, 0.1) is 29.4 Å². The van der Waals surface area contributed by atoms with Gasteiger partial charge in [0, 0.05) is 38.2 Å². The van der Waals surface area contributed by atoms with Crippen molar-refractivity contribution in [3.8, 4) is 5.75 Å². The summed E-state index contributed by atoms with van der Waals surface area (Å²) >= 11 is 1.38. The molecule has 5 rings (SSSR count). The van der Waals surface area contributed by atoms with Gasteiger partial charge < -0.3 is 9.47 Å². The Hall–Kier alpha value is -3.38. The minimum absolute atomic E-state index is 0.0934. The highest BCUT2D eigenvalue weighted by molar-refractivity contribution is 7.89. The highest BCUT2D eigenvalue weighted by Gasteiger charge is 2.27. The van der Waals surface area contributed by atoms with Crippen LogP contribution in [0, 0.1) is 0 Å². The molecular weight excluding hydrogens is 524 g/mol. The van der Waals surface area contributed by atoms with Gasteiger partial charge in [0.2, 0.25) is 10.0 Å². The number of ether oxygens (including phenoxy) is 2. The Bertz CT molecular complexity index is 1520. The summed E-state index contributed by atoms with van der Waals surface area (Å²) in [6.07, 6.45) is 5.06. The van der Waals surface area contributed by atoms with E-state index in [0.717, 1.165) is 23.1 Å². The number of anilines is 1. The van der Waals surface area contributed by atoms with Crippen molar-refractivity contribution >= 4 is 42.6 Å². The van der Waals surface area contributed by atoms with Crippen molar-refractivity contribution < 1.29 is 22.7 Å². The predicted octanol–water partition coefficient (Wildman–Crippen LogP) is 4.35. The summed E-state index contributed by atoms with van der Waals surface area (Å²) in [4.78, 5) is 24.4. The first-order chi connectivity index (χ1) is 18.4. The number of nitrogens with zero attached hydrogens (tertiary/aromatic N) is 4. The third-order valence-electron chi connectivity index (χ3n) is 6.42. The monoisotopic (exact) mass is 552 g/mol. The fourth-order valence-corrected chi connectivity index (χ4v) is 6.55. The van der Waals surface area contributed by atoms with E-state index in [-0.39, 0.29) is 23.5 Å². The molecule has 11 heteroatoms. The molecule has 2 aromatic heterocycles. The quantitative estimate of drug-likeness (QED) is 0.304. The molecule has 1 fully saturated rings. The molecule has 0 spiro atoms.